The summed E-state index contributed by atoms with van der Waals surface area (Å²) in [6, 6.07) is 8.54. The van der Waals surface area contributed by atoms with Crippen molar-refractivity contribution >= 4 is 50.6 Å². The molecule has 130 valence electrons. The van der Waals surface area contributed by atoms with Gasteiger partial charge in [-0.25, -0.2) is 4.99 Å². The normalized spacial score (nSPS) is 23.1. The van der Waals surface area contributed by atoms with Crippen molar-refractivity contribution in [2.45, 2.75) is 12.0 Å². The summed E-state index contributed by atoms with van der Waals surface area (Å²) in [5, 5.41) is 13.3. The lowest BCUT2D eigenvalue weighted by atomic mass is 9.90. The Morgan fingerprint density at radius 2 is 2.08 bits per heavy atom. The van der Waals surface area contributed by atoms with Gasteiger partial charge in [-0.2, -0.15) is 0 Å². The van der Waals surface area contributed by atoms with Crippen LogP contribution in [0.4, 0.5) is 16.4 Å². The van der Waals surface area contributed by atoms with Crippen LogP contribution >= 0.6 is 11.3 Å². The van der Waals surface area contributed by atoms with E-state index in [0.29, 0.717) is 28.6 Å². The number of hydrogen-bond donors (Lipinski definition) is 1. The van der Waals surface area contributed by atoms with Gasteiger partial charge in [0.15, 0.2) is 11.4 Å². The number of anilines is 2. The molecule has 1 aromatic heterocycles. The Morgan fingerprint density at radius 1 is 1.36 bits per heavy atom. The first-order chi connectivity index (χ1) is 11.9. The van der Waals surface area contributed by atoms with Crippen LogP contribution in [0.3, 0.4) is 0 Å². The van der Waals surface area contributed by atoms with E-state index in [9.17, 15) is 18.7 Å². The Bertz CT molecular complexity index is 908. The second-order valence-corrected chi connectivity index (χ2v) is 7.77. The molecule has 2 unspecified atom stereocenters. The van der Waals surface area contributed by atoms with Crippen molar-refractivity contribution in [3.05, 3.63) is 41.3 Å². The van der Waals surface area contributed by atoms with Crippen molar-refractivity contribution in [2.24, 2.45) is 4.99 Å². The monoisotopic (exact) mass is 376 g/mol. The summed E-state index contributed by atoms with van der Waals surface area (Å²) in [7, 11) is 1.45. The molecule has 25 heavy (non-hydrogen) atoms. The van der Waals surface area contributed by atoms with E-state index in [1.54, 1.807) is 40.6 Å². The number of fused-ring (bicyclic) bond motifs is 2. The van der Waals surface area contributed by atoms with Crippen molar-refractivity contribution in [1.29, 1.82) is 0 Å². The first-order valence-corrected chi connectivity index (χ1v) is 9.47. The van der Waals surface area contributed by atoms with Gasteiger partial charge in [-0.05, 0) is 35.7 Å². The summed E-state index contributed by atoms with van der Waals surface area (Å²) < 4.78 is 23.2. The molecule has 1 aromatic carbocycles. The topological polar surface area (TPSA) is 96.3 Å². The van der Waals surface area contributed by atoms with Gasteiger partial charge in [0.1, 0.15) is 5.00 Å². The Kier molecular flexibility index (Phi) is 3.76. The maximum absolute atomic E-state index is 12.7. The first-order valence-electron chi connectivity index (χ1n) is 7.56. The van der Waals surface area contributed by atoms with Gasteiger partial charge in [-0.15, -0.1) is 11.3 Å². The van der Waals surface area contributed by atoms with Crippen LogP contribution in [0, 0.1) is 0 Å². The third-order valence-corrected chi connectivity index (χ3v) is 6.01. The van der Waals surface area contributed by atoms with Crippen molar-refractivity contribution in [3.8, 4) is 0 Å². The average molecular weight is 376 g/mol. The molecule has 2 aliphatic rings. The molecule has 0 aliphatic carbocycles. The Morgan fingerprint density at radius 3 is 2.76 bits per heavy atom. The zero-order chi connectivity index (χ0) is 17.8. The Hall–Kier alpha value is -2.07. The Labute approximate surface area is 150 Å². The lowest BCUT2D eigenvalue weighted by Gasteiger charge is -2.29. The second kappa shape index (κ2) is 5.73. The van der Waals surface area contributed by atoms with Crippen molar-refractivity contribution in [3.63, 3.8) is 0 Å². The number of nitrogens with zero attached hydrogens (tertiary/aromatic N) is 3. The predicted octanol–water partition coefficient (Wildman–Crippen LogP) is 1.85. The van der Waals surface area contributed by atoms with E-state index in [0.717, 1.165) is 9.99 Å². The average Bonchev–Trinajstić information content (AvgIpc) is 3.20. The highest BCUT2D eigenvalue weighted by Gasteiger charge is 2.52. The predicted molar refractivity (Wildman–Crippen MR) is 96.4 cm³/mol. The number of aliphatic hydroxyl groups is 1. The third-order valence-electron chi connectivity index (χ3n) is 4.54. The molecule has 2 aliphatic heterocycles. The highest BCUT2D eigenvalue weighted by molar-refractivity contribution is 7.80. The molecule has 9 heteroatoms. The van der Waals surface area contributed by atoms with E-state index in [2.05, 4.69) is 4.99 Å². The van der Waals surface area contributed by atoms with Gasteiger partial charge >= 0.3 is 0 Å². The quantitative estimate of drug-likeness (QED) is 0.825. The van der Waals surface area contributed by atoms with Crippen LogP contribution in [0.2, 0.25) is 0 Å². The maximum Gasteiger partial charge on any atom is 0.205 e. The van der Waals surface area contributed by atoms with E-state index in [4.69, 9.17) is 0 Å². The molecule has 0 spiro atoms. The number of aliphatic imine (C=N–C) groups is 1. The summed E-state index contributed by atoms with van der Waals surface area (Å²) in [5.41, 5.74) is 0.137. The molecular weight excluding hydrogens is 362 g/mol. The first kappa shape index (κ1) is 16.4. The minimum atomic E-state index is -2.35. The molecule has 0 radical (unpaired) electrons. The van der Waals surface area contributed by atoms with Crippen LogP contribution in [0.5, 0.6) is 0 Å². The zero-order valence-corrected chi connectivity index (χ0v) is 14.8. The van der Waals surface area contributed by atoms with E-state index in [-0.39, 0.29) is 12.2 Å². The van der Waals surface area contributed by atoms with Gasteiger partial charge in [0, 0.05) is 42.7 Å². The number of rotatable bonds is 3. The summed E-state index contributed by atoms with van der Waals surface area (Å²) in [6.45, 7) is 0.457. The minimum absolute atomic E-state index is 0.270. The molecule has 4 rings (SSSR count). The van der Waals surface area contributed by atoms with Gasteiger partial charge in [0.25, 0.3) is 0 Å². The molecule has 1 fully saturated rings. The standard InChI is InChI=1S/C16H15N3O4S2/c1-18(25(22)23)10-2-4-11(5-3-10)19-8-7-16(21)13(20)12-6-9-24-14(12)17-15(16)19/h2-6,9,21H,7-8H2,1H3,(H,22,23)/p-1. The number of thiophene rings is 1. The fourth-order valence-electron chi connectivity index (χ4n) is 3.14. The number of amidine groups is 1. The highest BCUT2D eigenvalue weighted by atomic mass is 32.2. The lowest BCUT2D eigenvalue weighted by Crippen LogP contribution is -2.48. The lowest BCUT2D eigenvalue weighted by molar-refractivity contribution is 0.0603. The SMILES string of the molecule is CN(c1ccc(N2CCC3(O)C(=O)c4ccsc4N=C23)cc1)S(=O)[O-]. The molecule has 0 amide bonds. The van der Waals surface area contributed by atoms with Crippen LogP contribution in [0.25, 0.3) is 0 Å². The number of ketones is 1. The van der Waals surface area contributed by atoms with E-state index in [1.807, 2.05) is 0 Å². The van der Waals surface area contributed by atoms with Crippen LogP contribution in [-0.4, -0.2) is 44.7 Å². The third kappa shape index (κ3) is 2.43. The number of Topliss-reactive ketones (excluding diaryl/α,β-unsaturated/α-hetero) is 1. The number of carbonyl (C=O) groups is 1. The number of hydrogen-bond acceptors (Lipinski definition) is 7. The molecule has 0 saturated carbocycles. The molecule has 7 nitrogen and oxygen atoms in total. The van der Waals surface area contributed by atoms with E-state index < -0.39 is 16.9 Å². The number of carbonyl (C=O) groups excluding carboxylic acids is 1. The zero-order valence-electron chi connectivity index (χ0n) is 13.2. The fourth-order valence-corrected chi connectivity index (χ4v) is 4.20. The summed E-state index contributed by atoms with van der Waals surface area (Å²) in [4.78, 5) is 19.0. The highest BCUT2D eigenvalue weighted by Crippen LogP contribution is 2.41. The summed E-state index contributed by atoms with van der Waals surface area (Å²) >= 11 is -0.983. The molecule has 0 bridgehead atoms. The van der Waals surface area contributed by atoms with Crippen LogP contribution in [-0.2, 0) is 11.3 Å². The summed E-state index contributed by atoms with van der Waals surface area (Å²) in [5.74, 6) is 0.0234. The van der Waals surface area contributed by atoms with E-state index >= 15 is 0 Å². The summed E-state index contributed by atoms with van der Waals surface area (Å²) in [6.07, 6.45) is 0.270. The van der Waals surface area contributed by atoms with Gasteiger partial charge in [-0.3, -0.25) is 9.00 Å². The van der Waals surface area contributed by atoms with Crippen LogP contribution < -0.4 is 9.21 Å². The van der Waals surface area contributed by atoms with Gasteiger partial charge in [0.05, 0.1) is 5.56 Å². The van der Waals surface area contributed by atoms with Gasteiger partial charge < -0.3 is 18.9 Å². The maximum atomic E-state index is 12.7. The molecule has 2 atom stereocenters. The van der Waals surface area contributed by atoms with E-state index in [1.165, 1.54) is 18.4 Å². The Balaban J connectivity index is 1.71. The van der Waals surface area contributed by atoms with Crippen molar-refractivity contribution < 1.29 is 18.7 Å². The smallest absolute Gasteiger partial charge is 0.205 e. The molecular formula is C16H14N3O4S2-. The molecule has 2 aromatic rings. The largest absolute Gasteiger partial charge is 0.755 e. The fraction of sp³-hybridized carbons (Fsp3) is 0.250. The van der Waals surface area contributed by atoms with Gasteiger partial charge in [-0.1, -0.05) is 0 Å². The molecule has 1 N–H and O–H groups in total. The van der Waals surface area contributed by atoms with Crippen LogP contribution in [0.1, 0.15) is 16.8 Å². The van der Waals surface area contributed by atoms with Crippen LogP contribution in [0.15, 0.2) is 40.7 Å². The minimum Gasteiger partial charge on any atom is -0.755 e. The van der Waals surface area contributed by atoms with Gasteiger partial charge in [0.2, 0.25) is 5.78 Å². The van der Waals surface area contributed by atoms with Crippen molar-refractivity contribution in [2.75, 3.05) is 22.8 Å². The second-order valence-electron chi connectivity index (χ2n) is 5.90. The van der Waals surface area contributed by atoms with Crippen molar-refractivity contribution in [1.82, 2.24) is 0 Å². The molecule has 1 saturated heterocycles. The molecule has 3 heterocycles. The number of benzene rings is 1.